The summed E-state index contributed by atoms with van der Waals surface area (Å²) in [7, 11) is 0. The number of hydrogen-bond donors (Lipinski definition) is 1. The van der Waals surface area contributed by atoms with Crippen LogP contribution in [0.1, 0.15) is 38.5 Å². The second-order valence-corrected chi connectivity index (χ2v) is 6.83. The summed E-state index contributed by atoms with van der Waals surface area (Å²) in [6.45, 7) is 0. The molecular weight excluding hydrogens is 316 g/mol. The van der Waals surface area contributed by atoms with Gasteiger partial charge in [-0.05, 0) is 56.4 Å². The Balaban J connectivity index is 1.63. The van der Waals surface area contributed by atoms with E-state index >= 15 is 0 Å². The number of nitrogens with one attached hydrogen (secondary N) is 1. The van der Waals surface area contributed by atoms with E-state index in [4.69, 9.17) is 0 Å². The molecule has 1 saturated carbocycles. The van der Waals surface area contributed by atoms with Gasteiger partial charge < -0.3 is 5.32 Å². The minimum Gasteiger partial charge on any atom is -0.326 e. The number of benzene rings is 1. The second-order valence-electron chi connectivity index (χ2n) is 6.83. The maximum atomic E-state index is 12.6. The standard InChI is InChI=1S/C20H24N2O3/c23-20(21-15-10-9-11-16(14-15)22(24)25)19-17-12-7-5-3-1-2-4-6-8-13-18(17)19/h3-6,9-11,14,17-19H,1-2,7-8,12-13H2,(H,21,23)/b5-3-,6-4+/t17-,18+,19?/m1/s1. The van der Waals surface area contributed by atoms with Crippen LogP contribution in [0, 0.1) is 27.9 Å². The van der Waals surface area contributed by atoms with Crippen molar-refractivity contribution in [3.05, 3.63) is 58.7 Å². The van der Waals surface area contributed by atoms with Crippen LogP contribution < -0.4 is 5.32 Å². The number of rotatable bonds is 3. The molecule has 2 aliphatic carbocycles. The highest BCUT2D eigenvalue weighted by Crippen LogP contribution is 2.52. The first kappa shape index (κ1) is 17.4. The number of nitrogens with zero attached hydrogens (tertiary/aromatic N) is 1. The van der Waals surface area contributed by atoms with Gasteiger partial charge in [-0.25, -0.2) is 0 Å². The van der Waals surface area contributed by atoms with Crippen molar-refractivity contribution in [2.24, 2.45) is 17.8 Å². The number of allylic oxidation sites excluding steroid dienone is 4. The number of carbonyl (C=O) groups excluding carboxylic acids is 1. The fourth-order valence-electron chi connectivity index (χ4n) is 3.79. The smallest absolute Gasteiger partial charge is 0.271 e. The first-order valence-corrected chi connectivity index (χ1v) is 9.02. The molecule has 0 aliphatic heterocycles. The largest absolute Gasteiger partial charge is 0.326 e. The molecular formula is C20H24N2O3. The molecule has 1 aromatic carbocycles. The van der Waals surface area contributed by atoms with Crippen molar-refractivity contribution >= 4 is 17.3 Å². The van der Waals surface area contributed by atoms with Crippen molar-refractivity contribution < 1.29 is 9.72 Å². The number of nitro benzene ring substituents is 1. The number of amides is 1. The molecule has 5 nitrogen and oxygen atoms in total. The number of fused-ring (bicyclic) bond motifs is 1. The summed E-state index contributed by atoms with van der Waals surface area (Å²) < 4.78 is 0. The third-order valence-electron chi connectivity index (χ3n) is 5.13. The molecule has 0 spiro atoms. The van der Waals surface area contributed by atoms with Crippen LogP contribution in [0.4, 0.5) is 11.4 Å². The van der Waals surface area contributed by atoms with E-state index in [0.29, 0.717) is 17.5 Å². The van der Waals surface area contributed by atoms with Gasteiger partial charge in [-0.2, -0.15) is 0 Å². The Bertz CT molecular complexity index is 672. The number of nitro groups is 1. The molecule has 0 bridgehead atoms. The van der Waals surface area contributed by atoms with E-state index < -0.39 is 4.92 Å². The van der Waals surface area contributed by atoms with E-state index in [1.807, 2.05) is 0 Å². The number of hydrogen-bond acceptors (Lipinski definition) is 3. The lowest BCUT2D eigenvalue weighted by Crippen LogP contribution is -2.15. The Morgan fingerprint density at radius 3 is 2.20 bits per heavy atom. The van der Waals surface area contributed by atoms with E-state index in [1.54, 1.807) is 12.1 Å². The second kappa shape index (κ2) is 8.10. The van der Waals surface area contributed by atoms with Crippen molar-refractivity contribution in [1.82, 2.24) is 0 Å². The zero-order valence-electron chi connectivity index (χ0n) is 14.3. The van der Waals surface area contributed by atoms with Crippen LogP contribution in [0.5, 0.6) is 0 Å². The maximum Gasteiger partial charge on any atom is 0.271 e. The molecule has 25 heavy (non-hydrogen) atoms. The van der Waals surface area contributed by atoms with Gasteiger partial charge in [0.05, 0.1) is 4.92 Å². The van der Waals surface area contributed by atoms with Crippen LogP contribution >= 0.6 is 0 Å². The van der Waals surface area contributed by atoms with Crippen molar-refractivity contribution in [2.75, 3.05) is 5.32 Å². The fourth-order valence-corrected chi connectivity index (χ4v) is 3.79. The average molecular weight is 340 g/mol. The van der Waals surface area contributed by atoms with E-state index in [1.165, 1.54) is 12.1 Å². The highest BCUT2D eigenvalue weighted by Gasteiger charge is 2.52. The fraction of sp³-hybridized carbons (Fsp3) is 0.450. The summed E-state index contributed by atoms with van der Waals surface area (Å²) in [4.78, 5) is 23.1. The van der Waals surface area contributed by atoms with Gasteiger partial charge in [-0.1, -0.05) is 30.4 Å². The maximum absolute atomic E-state index is 12.6. The van der Waals surface area contributed by atoms with Crippen molar-refractivity contribution in [3.63, 3.8) is 0 Å². The van der Waals surface area contributed by atoms with Crippen LogP contribution in [0.25, 0.3) is 0 Å². The van der Waals surface area contributed by atoms with E-state index in [9.17, 15) is 14.9 Å². The van der Waals surface area contributed by atoms with Crippen LogP contribution in [0.15, 0.2) is 48.6 Å². The highest BCUT2D eigenvalue weighted by atomic mass is 16.6. The van der Waals surface area contributed by atoms with Gasteiger partial charge in [0.1, 0.15) is 0 Å². The molecule has 0 heterocycles. The van der Waals surface area contributed by atoms with E-state index in [0.717, 1.165) is 38.5 Å². The first-order valence-electron chi connectivity index (χ1n) is 9.02. The Kier molecular flexibility index (Phi) is 5.64. The van der Waals surface area contributed by atoms with Crippen molar-refractivity contribution in [2.45, 2.75) is 38.5 Å². The van der Waals surface area contributed by atoms with Crippen LogP contribution in [0.2, 0.25) is 0 Å². The molecule has 0 radical (unpaired) electrons. The predicted molar refractivity (Wildman–Crippen MR) is 98.2 cm³/mol. The molecule has 2 aliphatic rings. The molecule has 3 rings (SSSR count). The molecule has 5 heteroatoms. The summed E-state index contributed by atoms with van der Waals surface area (Å²) in [6, 6.07) is 6.14. The van der Waals surface area contributed by atoms with Gasteiger partial charge in [0.15, 0.2) is 0 Å². The Hall–Kier alpha value is -2.43. The third-order valence-corrected chi connectivity index (χ3v) is 5.13. The molecule has 1 aromatic rings. The molecule has 1 unspecified atom stereocenters. The van der Waals surface area contributed by atoms with Crippen LogP contribution in [-0.4, -0.2) is 10.8 Å². The van der Waals surface area contributed by atoms with E-state index in [-0.39, 0.29) is 17.5 Å². The molecule has 3 atom stereocenters. The summed E-state index contributed by atoms with van der Waals surface area (Å²) in [5.41, 5.74) is 0.497. The third kappa shape index (κ3) is 4.56. The van der Waals surface area contributed by atoms with Gasteiger partial charge in [0.2, 0.25) is 5.91 Å². The van der Waals surface area contributed by atoms with Crippen molar-refractivity contribution in [1.29, 1.82) is 0 Å². The lowest BCUT2D eigenvalue weighted by atomic mass is 10.1. The molecule has 0 aromatic heterocycles. The lowest BCUT2D eigenvalue weighted by molar-refractivity contribution is -0.384. The Morgan fingerprint density at radius 1 is 1.00 bits per heavy atom. The first-order chi connectivity index (χ1) is 12.2. The molecule has 1 N–H and O–H groups in total. The number of non-ortho nitro benzene ring substituents is 1. The normalized spacial score (nSPS) is 28.6. The highest BCUT2D eigenvalue weighted by molar-refractivity contribution is 5.95. The van der Waals surface area contributed by atoms with Gasteiger partial charge in [-0.3, -0.25) is 14.9 Å². The molecule has 132 valence electrons. The van der Waals surface area contributed by atoms with E-state index in [2.05, 4.69) is 29.6 Å². The minimum atomic E-state index is -0.446. The predicted octanol–water partition coefficient (Wildman–Crippen LogP) is 4.86. The SMILES string of the molecule is O=C(Nc1cccc([N+](=O)[O-])c1)C1[C@H]2CC/C=C/CC/C=C\CC[C@@H]12. The van der Waals surface area contributed by atoms with Gasteiger partial charge in [0.25, 0.3) is 5.69 Å². The Morgan fingerprint density at radius 2 is 1.60 bits per heavy atom. The molecule has 1 amide bonds. The van der Waals surface area contributed by atoms with Crippen molar-refractivity contribution in [3.8, 4) is 0 Å². The summed E-state index contributed by atoms with van der Waals surface area (Å²) in [6.07, 6.45) is 15.2. The van der Waals surface area contributed by atoms with Gasteiger partial charge >= 0.3 is 0 Å². The average Bonchev–Trinajstić information content (AvgIpc) is 3.27. The summed E-state index contributed by atoms with van der Waals surface area (Å²) in [5.74, 6) is 0.882. The topological polar surface area (TPSA) is 72.2 Å². The molecule has 1 fully saturated rings. The Labute approximate surface area is 148 Å². The van der Waals surface area contributed by atoms with Crippen LogP contribution in [-0.2, 0) is 4.79 Å². The zero-order chi connectivity index (χ0) is 17.6. The lowest BCUT2D eigenvalue weighted by Gasteiger charge is -2.05. The van der Waals surface area contributed by atoms with Crippen LogP contribution in [0.3, 0.4) is 0 Å². The van der Waals surface area contributed by atoms with Gasteiger partial charge in [0, 0.05) is 23.7 Å². The summed E-state index contributed by atoms with van der Waals surface area (Å²) in [5, 5.41) is 13.7. The number of anilines is 1. The summed E-state index contributed by atoms with van der Waals surface area (Å²) >= 11 is 0. The van der Waals surface area contributed by atoms with Gasteiger partial charge in [-0.15, -0.1) is 0 Å². The number of carbonyl (C=O) groups is 1. The quantitative estimate of drug-likeness (QED) is 0.485. The molecule has 0 saturated heterocycles. The minimum absolute atomic E-state index is 0.00155. The monoisotopic (exact) mass is 340 g/mol. The zero-order valence-corrected chi connectivity index (χ0v) is 14.3.